The lowest BCUT2D eigenvalue weighted by molar-refractivity contribution is -0.123. The number of benzene rings is 2. The molecule has 3 rings (SSSR count). The third-order valence-corrected chi connectivity index (χ3v) is 7.47. The molecule has 156 valence electrons. The first kappa shape index (κ1) is 21.3. The molecule has 29 heavy (non-hydrogen) atoms. The van der Waals surface area contributed by atoms with Gasteiger partial charge in [0.1, 0.15) is 5.75 Å². The number of ether oxygens (including phenoxy) is 1. The van der Waals surface area contributed by atoms with Gasteiger partial charge in [-0.3, -0.25) is 4.79 Å². The van der Waals surface area contributed by atoms with Crippen molar-refractivity contribution in [1.29, 1.82) is 0 Å². The molecule has 0 radical (unpaired) electrons. The Hall–Kier alpha value is -2.38. The van der Waals surface area contributed by atoms with Crippen LogP contribution in [0.4, 0.5) is 5.69 Å². The van der Waals surface area contributed by atoms with Gasteiger partial charge in [-0.2, -0.15) is 4.31 Å². The van der Waals surface area contributed by atoms with Crippen LogP contribution in [0.25, 0.3) is 0 Å². The van der Waals surface area contributed by atoms with E-state index in [0.717, 1.165) is 16.8 Å². The normalized spacial score (nSPS) is 17.7. The maximum absolute atomic E-state index is 13.2. The SMILES string of the molecule is COc1cccc(N(C)C(=O)C2CCCN(S(=O)(=O)c3cc(C)ccc3C)C2)c1. The molecule has 0 saturated carbocycles. The number of carbonyl (C=O) groups is 1. The van der Waals surface area contributed by atoms with Crippen molar-refractivity contribution in [2.75, 3.05) is 32.1 Å². The molecular weight excluding hydrogens is 388 g/mol. The van der Waals surface area contributed by atoms with Gasteiger partial charge in [0, 0.05) is 31.9 Å². The first-order valence-corrected chi connectivity index (χ1v) is 11.2. The number of aryl methyl sites for hydroxylation is 2. The summed E-state index contributed by atoms with van der Waals surface area (Å²) >= 11 is 0. The van der Waals surface area contributed by atoms with E-state index in [2.05, 4.69) is 0 Å². The van der Waals surface area contributed by atoms with Crippen molar-refractivity contribution < 1.29 is 17.9 Å². The van der Waals surface area contributed by atoms with Crippen LogP contribution in [0.1, 0.15) is 24.0 Å². The van der Waals surface area contributed by atoms with Gasteiger partial charge in [-0.05, 0) is 56.0 Å². The topological polar surface area (TPSA) is 66.9 Å². The van der Waals surface area contributed by atoms with Gasteiger partial charge in [0.25, 0.3) is 0 Å². The molecule has 1 aliphatic heterocycles. The van der Waals surface area contributed by atoms with Gasteiger partial charge in [-0.1, -0.05) is 18.2 Å². The van der Waals surface area contributed by atoms with E-state index in [-0.39, 0.29) is 18.4 Å². The largest absolute Gasteiger partial charge is 0.497 e. The van der Waals surface area contributed by atoms with Crippen LogP contribution >= 0.6 is 0 Å². The molecular formula is C22H28N2O4S. The highest BCUT2D eigenvalue weighted by atomic mass is 32.2. The molecule has 1 heterocycles. The number of methoxy groups -OCH3 is 1. The van der Waals surface area contributed by atoms with E-state index in [1.54, 1.807) is 38.1 Å². The van der Waals surface area contributed by atoms with Crippen molar-refractivity contribution in [1.82, 2.24) is 4.31 Å². The van der Waals surface area contributed by atoms with E-state index in [4.69, 9.17) is 4.74 Å². The van der Waals surface area contributed by atoms with Gasteiger partial charge in [0.05, 0.1) is 17.9 Å². The molecule has 1 fully saturated rings. The standard InChI is InChI=1S/C22H28N2O4S/c1-16-10-11-17(2)21(13-16)29(26,27)24-12-6-7-18(15-24)22(25)23(3)19-8-5-9-20(14-19)28-4/h5,8-11,13-14,18H,6-7,12,15H2,1-4H3. The van der Waals surface area contributed by atoms with Gasteiger partial charge >= 0.3 is 0 Å². The Balaban J connectivity index is 1.81. The van der Waals surface area contributed by atoms with E-state index in [0.29, 0.717) is 30.0 Å². The summed E-state index contributed by atoms with van der Waals surface area (Å²) in [5.74, 6) is 0.212. The molecule has 1 unspecified atom stereocenters. The van der Waals surface area contributed by atoms with Gasteiger partial charge in [-0.15, -0.1) is 0 Å². The Morgan fingerprint density at radius 3 is 2.66 bits per heavy atom. The minimum Gasteiger partial charge on any atom is -0.497 e. The molecule has 0 aliphatic carbocycles. The molecule has 0 N–H and O–H groups in total. The van der Waals surface area contributed by atoms with Crippen LogP contribution < -0.4 is 9.64 Å². The smallest absolute Gasteiger partial charge is 0.243 e. The molecule has 0 bridgehead atoms. The molecule has 6 nitrogen and oxygen atoms in total. The number of piperidine rings is 1. The van der Waals surface area contributed by atoms with Crippen molar-refractivity contribution in [3.05, 3.63) is 53.6 Å². The molecule has 0 spiro atoms. The number of sulfonamides is 1. The van der Waals surface area contributed by atoms with Gasteiger partial charge in [0.2, 0.25) is 15.9 Å². The van der Waals surface area contributed by atoms with Crippen molar-refractivity contribution in [2.45, 2.75) is 31.6 Å². The second kappa shape index (κ2) is 8.55. The van der Waals surface area contributed by atoms with Crippen LogP contribution in [0, 0.1) is 19.8 Å². The highest BCUT2D eigenvalue weighted by Crippen LogP contribution is 2.29. The lowest BCUT2D eigenvalue weighted by Gasteiger charge is -2.33. The van der Waals surface area contributed by atoms with Crippen LogP contribution in [0.3, 0.4) is 0 Å². The lowest BCUT2D eigenvalue weighted by Crippen LogP contribution is -2.46. The van der Waals surface area contributed by atoms with Crippen LogP contribution in [-0.4, -0.2) is 45.9 Å². The number of carbonyl (C=O) groups excluding carboxylic acids is 1. The third kappa shape index (κ3) is 4.46. The first-order chi connectivity index (χ1) is 13.7. The average Bonchev–Trinajstić information content (AvgIpc) is 2.74. The van der Waals surface area contributed by atoms with Crippen LogP contribution in [0.5, 0.6) is 5.75 Å². The zero-order valence-electron chi connectivity index (χ0n) is 17.4. The highest BCUT2D eigenvalue weighted by Gasteiger charge is 2.35. The minimum atomic E-state index is -3.64. The molecule has 1 saturated heterocycles. The predicted molar refractivity (Wildman–Crippen MR) is 114 cm³/mol. The Morgan fingerprint density at radius 2 is 1.93 bits per heavy atom. The summed E-state index contributed by atoms with van der Waals surface area (Å²) in [6, 6.07) is 12.7. The molecule has 2 aromatic carbocycles. The summed E-state index contributed by atoms with van der Waals surface area (Å²) in [7, 11) is -0.341. The molecule has 1 aliphatic rings. The highest BCUT2D eigenvalue weighted by molar-refractivity contribution is 7.89. The quantitative estimate of drug-likeness (QED) is 0.749. The van der Waals surface area contributed by atoms with E-state index < -0.39 is 10.0 Å². The number of amides is 1. The van der Waals surface area contributed by atoms with E-state index in [1.807, 2.05) is 37.3 Å². The first-order valence-electron chi connectivity index (χ1n) is 9.73. The second-order valence-electron chi connectivity index (χ2n) is 7.57. The van der Waals surface area contributed by atoms with E-state index >= 15 is 0 Å². The van der Waals surface area contributed by atoms with Crippen LogP contribution in [0.15, 0.2) is 47.4 Å². The minimum absolute atomic E-state index is 0.0842. The lowest BCUT2D eigenvalue weighted by atomic mass is 9.98. The maximum Gasteiger partial charge on any atom is 0.243 e. The number of hydrogen-bond acceptors (Lipinski definition) is 4. The monoisotopic (exact) mass is 416 g/mol. The predicted octanol–water partition coefficient (Wildman–Crippen LogP) is 3.38. The summed E-state index contributed by atoms with van der Waals surface area (Å²) < 4.78 is 33.2. The zero-order valence-corrected chi connectivity index (χ0v) is 18.2. The van der Waals surface area contributed by atoms with Crippen molar-refractivity contribution >= 4 is 21.6 Å². The number of anilines is 1. The molecule has 1 atom stereocenters. The van der Waals surface area contributed by atoms with Gasteiger partial charge in [0.15, 0.2) is 0 Å². The Bertz CT molecular complexity index is 1000. The summed E-state index contributed by atoms with van der Waals surface area (Å²) in [6.07, 6.45) is 1.33. The van der Waals surface area contributed by atoms with Crippen molar-refractivity contribution in [2.24, 2.45) is 5.92 Å². The Kier molecular flexibility index (Phi) is 6.29. The fourth-order valence-corrected chi connectivity index (χ4v) is 5.54. The second-order valence-corrected chi connectivity index (χ2v) is 9.48. The van der Waals surface area contributed by atoms with E-state index in [1.165, 1.54) is 4.31 Å². The van der Waals surface area contributed by atoms with Crippen molar-refractivity contribution in [3.63, 3.8) is 0 Å². The summed E-state index contributed by atoms with van der Waals surface area (Å²) in [4.78, 5) is 15.0. The fourth-order valence-electron chi connectivity index (χ4n) is 3.71. The summed E-state index contributed by atoms with van der Waals surface area (Å²) in [5.41, 5.74) is 2.35. The summed E-state index contributed by atoms with van der Waals surface area (Å²) in [5, 5.41) is 0. The molecule has 1 amide bonds. The van der Waals surface area contributed by atoms with Crippen LogP contribution in [0.2, 0.25) is 0 Å². The molecule has 7 heteroatoms. The zero-order chi connectivity index (χ0) is 21.2. The van der Waals surface area contributed by atoms with Crippen LogP contribution in [-0.2, 0) is 14.8 Å². The number of hydrogen-bond donors (Lipinski definition) is 0. The Labute approximate surface area is 173 Å². The number of rotatable bonds is 5. The summed E-state index contributed by atoms with van der Waals surface area (Å²) in [6.45, 7) is 4.31. The van der Waals surface area contributed by atoms with Crippen molar-refractivity contribution in [3.8, 4) is 5.75 Å². The van der Waals surface area contributed by atoms with Gasteiger partial charge < -0.3 is 9.64 Å². The number of nitrogens with zero attached hydrogens (tertiary/aromatic N) is 2. The fraction of sp³-hybridized carbons (Fsp3) is 0.409. The maximum atomic E-state index is 13.2. The Morgan fingerprint density at radius 1 is 1.17 bits per heavy atom. The third-order valence-electron chi connectivity index (χ3n) is 5.47. The average molecular weight is 417 g/mol. The molecule has 0 aromatic heterocycles. The van der Waals surface area contributed by atoms with Gasteiger partial charge in [-0.25, -0.2) is 8.42 Å². The van der Waals surface area contributed by atoms with E-state index in [9.17, 15) is 13.2 Å². The molecule has 2 aromatic rings.